The van der Waals surface area contributed by atoms with E-state index < -0.39 is 18.2 Å². The first-order chi connectivity index (χ1) is 10.9. The highest BCUT2D eigenvalue weighted by Gasteiger charge is 2.38. The first-order valence-corrected chi connectivity index (χ1v) is 6.87. The summed E-state index contributed by atoms with van der Waals surface area (Å²) in [7, 11) is 0. The van der Waals surface area contributed by atoms with Gasteiger partial charge < -0.3 is 14.6 Å². The van der Waals surface area contributed by atoms with Crippen LogP contribution >= 0.6 is 0 Å². The number of halogens is 3. The molecule has 3 rings (SSSR count). The zero-order valence-electron chi connectivity index (χ0n) is 11.8. The number of nitrogens with one attached hydrogen (secondary N) is 1. The third-order valence-corrected chi connectivity index (χ3v) is 3.30. The number of nitrogens with zero attached hydrogens (tertiary/aromatic N) is 2. The molecule has 2 aromatic rings. The quantitative estimate of drug-likeness (QED) is 0.938. The summed E-state index contributed by atoms with van der Waals surface area (Å²) in [5.74, 6) is -1.81. The van der Waals surface area contributed by atoms with Gasteiger partial charge in [0.05, 0.1) is 0 Å². The molecule has 0 bridgehead atoms. The number of alkyl halides is 3. The Hall–Kier alpha value is -2.42. The van der Waals surface area contributed by atoms with E-state index in [9.17, 15) is 18.0 Å². The number of anilines is 1. The van der Waals surface area contributed by atoms with Crippen molar-refractivity contribution in [2.45, 2.75) is 25.1 Å². The number of amides is 1. The van der Waals surface area contributed by atoms with E-state index in [4.69, 9.17) is 4.74 Å². The predicted molar refractivity (Wildman–Crippen MR) is 72.3 cm³/mol. The average molecular weight is 327 g/mol. The maximum atomic E-state index is 12.4. The van der Waals surface area contributed by atoms with Crippen molar-refractivity contribution in [1.29, 1.82) is 0 Å². The Balaban J connectivity index is 1.69. The van der Waals surface area contributed by atoms with Gasteiger partial charge in [-0.3, -0.25) is 4.79 Å². The third kappa shape index (κ3) is 3.50. The largest absolute Gasteiger partial charge is 0.471 e. The molecule has 1 aromatic carbocycles. The Morgan fingerprint density at radius 3 is 2.57 bits per heavy atom. The van der Waals surface area contributed by atoms with Gasteiger partial charge in [0.2, 0.25) is 5.82 Å². The van der Waals surface area contributed by atoms with Gasteiger partial charge in [-0.15, -0.1) is 0 Å². The summed E-state index contributed by atoms with van der Waals surface area (Å²) in [5, 5.41) is 5.98. The fraction of sp³-hybridized carbons (Fsp3) is 0.357. The maximum Gasteiger partial charge on any atom is 0.471 e. The SMILES string of the molecule is O=C(Nc1ccc(-c2noc(C(F)(F)F)n2)cc1)C1CCCO1. The molecule has 0 saturated carbocycles. The van der Waals surface area contributed by atoms with Crippen molar-refractivity contribution >= 4 is 11.6 Å². The van der Waals surface area contributed by atoms with Crippen molar-refractivity contribution in [2.24, 2.45) is 0 Å². The highest BCUT2D eigenvalue weighted by atomic mass is 19.4. The van der Waals surface area contributed by atoms with Crippen LogP contribution < -0.4 is 5.32 Å². The van der Waals surface area contributed by atoms with E-state index in [1.54, 1.807) is 12.1 Å². The Bertz CT molecular complexity index is 691. The number of hydrogen-bond acceptors (Lipinski definition) is 5. The fourth-order valence-corrected chi connectivity index (χ4v) is 2.17. The molecule has 1 saturated heterocycles. The monoisotopic (exact) mass is 327 g/mol. The van der Waals surface area contributed by atoms with Crippen LogP contribution in [0, 0.1) is 0 Å². The van der Waals surface area contributed by atoms with Gasteiger partial charge in [-0.2, -0.15) is 18.2 Å². The van der Waals surface area contributed by atoms with Gasteiger partial charge in [0.1, 0.15) is 6.10 Å². The van der Waals surface area contributed by atoms with Crippen molar-refractivity contribution in [3.63, 3.8) is 0 Å². The molecule has 2 heterocycles. The van der Waals surface area contributed by atoms with Crippen LogP contribution in [0.15, 0.2) is 28.8 Å². The summed E-state index contributed by atoms with van der Waals surface area (Å²) >= 11 is 0. The average Bonchev–Trinajstić information content (AvgIpc) is 3.19. The number of carbonyl (C=O) groups excluding carboxylic acids is 1. The summed E-state index contributed by atoms with van der Waals surface area (Å²) in [4.78, 5) is 15.2. The molecule has 1 aliphatic rings. The molecule has 1 fully saturated rings. The zero-order valence-corrected chi connectivity index (χ0v) is 11.8. The molecule has 6 nitrogen and oxygen atoms in total. The first-order valence-electron chi connectivity index (χ1n) is 6.87. The molecule has 1 unspecified atom stereocenters. The van der Waals surface area contributed by atoms with E-state index in [-0.39, 0.29) is 11.7 Å². The first kappa shape index (κ1) is 15.5. The van der Waals surface area contributed by atoms with Crippen molar-refractivity contribution < 1.29 is 27.2 Å². The van der Waals surface area contributed by atoms with Crippen LogP contribution in [0.4, 0.5) is 18.9 Å². The molecule has 0 radical (unpaired) electrons. The van der Waals surface area contributed by atoms with E-state index in [2.05, 4.69) is 20.0 Å². The third-order valence-electron chi connectivity index (χ3n) is 3.30. The number of carbonyl (C=O) groups is 1. The fourth-order valence-electron chi connectivity index (χ4n) is 2.17. The Morgan fingerprint density at radius 2 is 2.00 bits per heavy atom. The Labute approximate surface area is 128 Å². The summed E-state index contributed by atoms with van der Waals surface area (Å²) in [5.41, 5.74) is 0.855. The Kier molecular flexibility index (Phi) is 4.03. The summed E-state index contributed by atoms with van der Waals surface area (Å²) in [6.07, 6.45) is -3.62. The van der Waals surface area contributed by atoms with Crippen LogP contribution in [0.2, 0.25) is 0 Å². The van der Waals surface area contributed by atoms with Gasteiger partial charge in [-0.05, 0) is 37.1 Å². The van der Waals surface area contributed by atoms with Crippen LogP contribution in [0.25, 0.3) is 11.4 Å². The minimum absolute atomic E-state index is 0.172. The highest BCUT2D eigenvalue weighted by Crippen LogP contribution is 2.29. The number of aromatic nitrogens is 2. The standard InChI is InChI=1S/C14H12F3N3O3/c15-14(16,17)13-19-11(20-23-13)8-3-5-9(6-4-8)18-12(21)10-2-1-7-22-10/h3-6,10H,1-2,7H2,(H,18,21). The van der Waals surface area contributed by atoms with E-state index in [1.807, 2.05) is 0 Å². The van der Waals surface area contributed by atoms with Gasteiger partial charge in [0.15, 0.2) is 0 Å². The van der Waals surface area contributed by atoms with Gasteiger partial charge >= 0.3 is 12.1 Å². The smallest absolute Gasteiger partial charge is 0.368 e. The van der Waals surface area contributed by atoms with Crippen LogP contribution in [0.5, 0.6) is 0 Å². The lowest BCUT2D eigenvalue weighted by Gasteiger charge is -2.10. The molecular weight excluding hydrogens is 315 g/mol. The van der Waals surface area contributed by atoms with Crippen LogP contribution in [0.1, 0.15) is 18.7 Å². The van der Waals surface area contributed by atoms with Crippen molar-refractivity contribution in [3.05, 3.63) is 30.2 Å². The van der Waals surface area contributed by atoms with Crippen LogP contribution in [-0.4, -0.2) is 28.8 Å². The molecule has 122 valence electrons. The lowest BCUT2D eigenvalue weighted by Crippen LogP contribution is -2.26. The number of rotatable bonds is 3. The Morgan fingerprint density at radius 1 is 1.26 bits per heavy atom. The molecule has 0 spiro atoms. The minimum Gasteiger partial charge on any atom is -0.368 e. The van der Waals surface area contributed by atoms with Gasteiger partial charge in [-0.25, -0.2) is 0 Å². The van der Waals surface area contributed by atoms with E-state index in [1.165, 1.54) is 12.1 Å². The topological polar surface area (TPSA) is 77.3 Å². The summed E-state index contributed by atoms with van der Waals surface area (Å²) < 4.78 is 46.7. The van der Waals surface area contributed by atoms with Crippen molar-refractivity contribution in [1.82, 2.24) is 10.1 Å². The lowest BCUT2D eigenvalue weighted by atomic mass is 10.2. The van der Waals surface area contributed by atoms with E-state index >= 15 is 0 Å². The van der Waals surface area contributed by atoms with Crippen molar-refractivity contribution in [3.8, 4) is 11.4 Å². The molecule has 1 aliphatic heterocycles. The zero-order chi connectivity index (χ0) is 16.4. The molecule has 0 aliphatic carbocycles. The molecule has 9 heteroatoms. The molecule has 1 aromatic heterocycles. The van der Waals surface area contributed by atoms with E-state index in [0.29, 0.717) is 24.3 Å². The van der Waals surface area contributed by atoms with Crippen molar-refractivity contribution in [2.75, 3.05) is 11.9 Å². The van der Waals surface area contributed by atoms with Gasteiger partial charge in [0.25, 0.3) is 5.91 Å². The second-order valence-corrected chi connectivity index (χ2v) is 4.99. The van der Waals surface area contributed by atoms with E-state index in [0.717, 1.165) is 6.42 Å². The van der Waals surface area contributed by atoms with Gasteiger partial charge in [0, 0.05) is 17.9 Å². The molecular formula is C14H12F3N3O3. The van der Waals surface area contributed by atoms with Crippen LogP contribution in [-0.2, 0) is 15.7 Å². The number of benzene rings is 1. The number of hydrogen-bond donors (Lipinski definition) is 1. The second-order valence-electron chi connectivity index (χ2n) is 4.99. The normalized spacial score (nSPS) is 18.1. The summed E-state index contributed by atoms with van der Waals surface area (Å²) in [6.45, 7) is 0.566. The molecule has 23 heavy (non-hydrogen) atoms. The molecule has 1 atom stereocenters. The van der Waals surface area contributed by atoms with Gasteiger partial charge in [-0.1, -0.05) is 5.16 Å². The minimum atomic E-state index is -4.68. The second kappa shape index (κ2) is 5.99. The van der Waals surface area contributed by atoms with Crippen LogP contribution in [0.3, 0.4) is 0 Å². The summed E-state index contributed by atoms with van der Waals surface area (Å²) in [6, 6.07) is 6.09. The maximum absolute atomic E-state index is 12.4. The molecule has 1 amide bonds. The predicted octanol–water partition coefficient (Wildman–Crippen LogP) is 2.87. The lowest BCUT2D eigenvalue weighted by molar-refractivity contribution is -0.159. The molecule has 1 N–H and O–H groups in total. The number of ether oxygens (including phenoxy) is 1. The highest BCUT2D eigenvalue weighted by molar-refractivity contribution is 5.94.